The molecule has 2 atom stereocenters. The summed E-state index contributed by atoms with van der Waals surface area (Å²) in [5.74, 6) is 0.192. The van der Waals surface area contributed by atoms with Crippen molar-refractivity contribution in [3.63, 3.8) is 0 Å². The summed E-state index contributed by atoms with van der Waals surface area (Å²) in [6, 6.07) is 7.90. The van der Waals surface area contributed by atoms with Crippen molar-refractivity contribution in [2.75, 3.05) is 6.54 Å². The summed E-state index contributed by atoms with van der Waals surface area (Å²) in [6.45, 7) is 4.97. The molecule has 3 rings (SSSR count). The average Bonchev–Trinajstić information content (AvgIpc) is 3.09. The highest BCUT2D eigenvalue weighted by molar-refractivity contribution is 8.00. The molecule has 0 saturated carbocycles. The largest absolute Gasteiger partial charge is 0.339 e. The maximum atomic E-state index is 12.9. The highest BCUT2D eigenvalue weighted by Gasteiger charge is 2.29. The van der Waals surface area contributed by atoms with Crippen LogP contribution in [0.4, 0.5) is 0 Å². The number of piperidine rings is 1. The normalized spacial score (nSPS) is 19.0. The Bertz CT molecular complexity index is 735. The van der Waals surface area contributed by atoms with Gasteiger partial charge in [0.15, 0.2) is 5.16 Å². The monoisotopic (exact) mass is 378 g/mol. The van der Waals surface area contributed by atoms with Gasteiger partial charge in [0.1, 0.15) is 6.33 Å². The summed E-state index contributed by atoms with van der Waals surface area (Å²) in [4.78, 5) is 15.0. The Morgan fingerprint density at radius 2 is 2.28 bits per heavy atom. The summed E-state index contributed by atoms with van der Waals surface area (Å²) in [5.41, 5.74) is 0.893. The van der Waals surface area contributed by atoms with Crippen molar-refractivity contribution in [3.05, 3.63) is 35.6 Å². The van der Waals surface area contributed by atoms with Crippen molar-refractivity contribution < 1.29 is 4.79 Å². The van der Waals surface area contributed by atoms with Crippen molar-refractivity contribution in [1.82, 2.24) is 19.7 Å². The average molecular weight is 379 g/mol. The van der Waals surface area contributed by atoms with Gasteiger partial charge in [-0.2, -0.15) is 0 Å². The molecule has 134 valence electrons. The van der Waals surface area contributed by atoms with Gasteiger partial charge in [0.25, 0.3) is 0 Å². The van der Waals surface area contributed by atoms with Gasteiger partial charge in [-0.1, -0.05) is 36.4 Å². The van der Waals surface area contributed by atoms with E-state index >= 15 is 0 Å². The standard InChI is InChI=1S/C18H23ClN4OS/c1-3-15-8-4-5-10-22(15)17(24)13(2)25-18-21-20-12-23(18)16-9-6-7-14(19)11-16/h6-7,9,11-13,15H,3-5,8,10H2,1-2H3. The smallest absolute Gasteiger partial charge is 0.236 e. The van der Waals surface area contributed by atoms with Gasteiger partial charge in [-0.05, 0) is 50.8 Å². The molecule has 2 unspecified atom stereocenters. The van der Waals surface area contributed by atoms with Crippen LogP contribution < -0.4 is 0 Å². The third-order valence-corrected chi connectivity index (χ3v) is 5.89. The van der Waals surface area contributed by atoms with Gasteiger partial charge >= 0.3 is 0 Å². The number of carbonyl (C=O) groups excluding carboxylic acids is 1. The summed E-state index contributed by atoms with van der Waals surface area (Å²) in [7, 11) is 0. The van der Waals surface area contributed by atoms with Gasteiger partial charge in [0.05, 0.1) is 10.9 Å². The maximum Gasteiger partial charge on any atom is 0.236 e. The van der Waals surface area contributed by atoms with Crippen LogP contribution in [-0.2, 0) is 4.79 Å². The first-order valence-electron chi connectivity index (χ1n) is 8.73. The fourth-order valence-electron chi connectivity index (χ4n) is 3.27. The van der Waals surface area contributed by atoms with Crippen LogP contribution in [0.15, 0.2) is 35.7 Å². The van der Waals surface area contributed by atoms with Crippen molar-refractivity contribution >= 4 is 29.3 Å². The number of carbonyl (C=O) groups is 1. The lowest BCUT2D eigenvalue weighted by atomic mass is 10.00. The minimum absolute atomic E-state index is 0.192. The lowest BCUT2D eigenvalue weighted by Gasteiger charge is -2.36. The van der Waals surface area contributed by atoms with Crippen LogP contribution in [0.2, 0.25) is 5.02 Å². The SMILES string of the molecule is CCC1CCCCN1C(=O)C(C)Sc1nncn1-c1cccc(Cl)c1. The molecule has 0 radical (unpaired) electrons. The summed E-state index contributed by atoms with van der Waals surface area (Å²) in [5, 5.41) is 9.36. The highest BCUT2D eigenvalue weighted by Crippen LogP contribution is 2.28. The molecule has 1 aliphatic heterocycles. The predicted molar refractivity (Wildman–Crippen MR) is 101 cm³/mol. The minimum atomic E-state index is -0.200. The molecule has 2 heterocycles. The number of halogens is 1. The summed E-state index contributed by atoms with van der Waals surface area (Å²) < 4.78 is 1.87. The van der Waals surface area contributed by atoms with Crippen LogP contribution in [0.3, 0.4) is 0 Å². The van der Waals surface area contributed by atoms with Crippen LogP contribution >= 0.6 is 23.4 Å². The number of hydrogen-bond acceptors (Lipinski definition) is 4. The molecular formula is C18H23ClN4OS. The summed E-state index contributed by atoms with van der Waals surface area (Å²) in [6.07, 6.45) is 6.09. The second kappa shape index (κ2) is 8.23. The predicted octanol–water partition coefficient (Wildman–Crippen LogP) is 4.19. The molecule has 7 heteroatoms. The topological polar surface area (TPSA) is 51.0 Å². The van der Waals surface area contributed by atoms with E-state index in [1.54, 1.807) is 6.33 Å². The first-order chi connectivity index (χ1) is 12.1. The number of aromatic nitrogens is 3. The van der Waals surface area contributed by atoms with E-state index in [4.69, 9.17) is 11.6 Å². The maximum absolute atomic E-state index is 12.9. The number of thioether (sulfide) groups is 1. The minimum Gasteiger partial charge on any atom is -0.339 e. The van der Waals surface area contributed by atoms with E-state index in [0.717, 1.165) is 31.5 Å². The molecule has 0 N–H and O–H groups in total. The third kappa shape index (κ3) is 4.18. The van der Waals surface area contributed by atoms with Crippen molar-refractivity contribution in [2.45, 2.75) is 56.0 Å². The quantitative estimate of drug-likeness (QED) is 0.732. The van der Waals surface area contributed by atoms with E-state index in [-0.39, 0.29) is 11.2 Å². The first kappa shape index (κ1) is 18.3. The molecule has 0 aliphatic carbocycles. The Hall–Kier alpha value is -1.53. The van der Waals surface area contributed by atoms with Gasteiger partial charge in [-0.15, -0.1) is 10.2 Å². The molecule has 0 bridgehead atoms. The fraction of sp³-hybridized carbons (Fsp3) is 0.500. The van der Waals surface area contributed by atoms with Crippen molar-refractivity contribution in [1.29, 1.82) is 0 Å². The zero-order chi connectivity index (χ0) is 17.8. The van der Waals surface area contributed by atoms with Gasteiger partial charge in [0.2, 0.25) is 5.91 Å². The van der Waals surface area contributed by atoms with Gasteiger partial charge in [-0.3, -0.25) is 9.36 Å². The van der Waals surface area contributed by atoms with E-state index in [0.29, 0.717) is 16.2 Å². The fourth-order valence-corrected chi connectivity index (χ4v) is 4.36. The van der Waals surface area contributed by atoms with Gasteiger partial charge in [0, 0.05) is 17.6 Å². The van der Waals surface area contributed by atoms with E-state index in [2.05, 4.69) is 22.0 Å². The number of hydrogen-bond donors (Lipinski definition) is 0. The number of amides is 1. The number of benzene rings is 1. The Morgan fingerprint density at radius 1 is 1.44 bits per heavy atom. The van der Waals surface area contributed by atoms with Crippen LogP contribution in [0.25, 0.3) is 5.69 Å². The number of nitrogens with zero attached hydrogens (tertiary/aromatic N) is 4. The number of likely N-dealkylation sites (tertiary alicyclic amines) is 1. The Morgan fingerprint density at radius 3 is 3.04 bits per heavy atom. The Balaban J connectivity index is 1.74. The Kier molecular flexibility index (Phi) is 6.02. The van der Waals surface area contributed by atoms with E-state index in [9.17, 15) is 4.79 Å². The molecule has 1 fully saturated rings. The van der Waals surface area contributed by atoms with Gasteiger partial charge in [-0.25, -0.2) is 0 Å². The van der Waals surface area contributed by atoms with Crippen LogP contribution in [0, 0.1) is 0 Å². The van der Waals surface area contributed by atoms with Crippen molar-refractivity contribution in [2.24, 2.45) is 0 Å². The van der Waals surface area contributed by atoms with E-state index < -0.39 is 0 Å². The lowest BCUT2D eigenvalue weighted by molar-refractivity contribution is -0.134. The second-order valence-corrected chi connectivity index (χ2v) is 8.06. The van der Waals surface area contributed by atoms with Crippen LogP contribution in [0.5, 0.6) is 0 Å². The molecule has 1 aromatic heterocycles. The zero-order valence-corrected chi connectivity index (χ0v) is 16.1. The molecule has 5 nitrogen and oxygen atoms in total. The Labute approximate surface area is 157 Å². The van der Waals surface area contributed by atoms with E-state index in [1.807, 2.05) is 35.8 Å². The molecular weight excluding hydrogens is 356 g/mol. The molecule has 2 aromatic rings. The molecule has 0 spiro atoms. The summed E-state index contributed by atoms with van der Waals surface area (Å²) >= 11 is 7.53. The van der Waals surface area contributed by atoms with Gasteiger partial charge < -0.3 is 4.90 Å². The molecule has 1 aliphatic rings. The van der Waals surface area contributed by atoms with Crippen LogP contribution in [-0.4, -0.2) is 43.4 Å². The molecule has 1 aromatic carbocycles. The second-order valence-electron chi connectivity index (χ2n) is 6.31. The lowest BCUT2D eigenvalue weighted by Crippen LogP contribution is -2.46. The highest BCUT2D eigenvalue weighted by atomic mass is 35.5. The molecule has 1 amide bonds. The van der Waals surface area contributed by atoms with Crippen LogP contribution in [0.1, 0.15) is 39.5 Å². The zero-order valence-electron chi connectivity index (χ0n) is 14.6. The van der Waals surface area contributed by atoms with Crippen molar-refractivity contribution in [3.8, 4) is 5.69 Å². The van der Waals surface area contributed by atoms with E-state index in [1.165, 1.54) is 18.2 Å². The first-order valence-corrected chi connectivity index (χ1v) is 9.99. The molecule has 1 saturated heterocycles. The third-order valence-electron chi connectivity index (χ3n) is 4.61. The number of rotatable bonds is 5. The molecule has 25 heavy (non-hydrogen) atoms.